The molecule has 2 N–H and O–H groups in total. The number of hydrogen-bond donors (Lipinski definition) is 2. The Morgan fingerprint density at radius 1 is 0.818 bits per heavy atom. The molecule has 0 spiro atoms. The highest BCUT2D eigenvalue weighted by molar-refractivity contribution is 4.75. The van der Waals surface area contributed by atoms with E-state index >= 15 is 0 Å². The molecule has 0 aromatic rings. The van der Waals surface area contributed by atoms with Gasteiger partial charge in [0.15, 0.2) is 0 Å². The number of rotatable bonds is 10. The van der Waals surface area contributed by atoms with Gasteiger partial charge in [0.1, 0.15) is 0 Å². The van der Waals surface area contributed by atoms with Crippen LogP contribution in [0.15, 0.2) is 0 Å². The molecule has 0 aromatic heterocycles. The number of aliphatic hydroxyl groups excluding tert-OH is 2. The SMILES string of the molecule is CC(C)(CO)CCC[C@H]1CCC[C@H](CCCC(C)(C)CO)O1. The predicted octanol–water partition coefficient (Wildman–Crippen LogP) is 4.30. The molecule has 0 aliphatic carbocycles. The van der Waals surface area contributed by atoms with Crippen molar-refractivity contribution < 1.29 is 14.9 Å². The van der Waals surface area contributed by atoms with E-state index in [0.29, 0.717) is 12.2 Å². The fourth-order valence-corrected chi connectivity index (χ4v) is 3.18. The Hall–Kier alpha value is -0.120. The summed E-state index contributed by atoms with van der Waals surface area (Å²) >= 11 is 0. The first kappa shape index (κ1) is 19.9. The van der Waals surface area contributed by atoms with Gasteiger partial charge in [-0.3, -0.25) is 0 Å². The van der Waals surface area contributed by atoms with Gasteiger partial charge in [0.2, 0.25) is 0 Å². The van der Waals surface area contributed by atoms with E-state index in [4.69, 9.17) is 4.74 Å². The second-order valence-corrected chi connectivity index (χ2v) is 8.74. The molecule has 3 nitrogen and oxygen atoms in total. The van der Waals surface area contributed by atoms with E-state index in [9.17, 15) is 10.2 Å². The maximum absolute atomic E-state index is 9.31. The van der Waals surface area contributed by atoms with Crippen molar-refractivity contribution in [2.75, 3.05) is 13.2 Å². The lowest BCUT2D eigenvalue weighted by Gasteiger charge is -2.32. The zero-order chi connectivity index (χ0) is 16.6. The monoisotopic (exact) mass is 314 g/mol. The van der Waals surface area contributed by atoms with Crippen molar-refractivity contribution in [3.05, 3.63) is 0 Å². The number of hydrogen-bond acceptors (Lipinski definition) is 3. The summed E-state index contributed by atoms with van der Waals surface area (Å²) < 4.78 is 6.26. The Kier molecular flexibility index (Phi) is 8.37. The molecule has 1 aliphatic rings. The van der Waals surface area contributed by atoms with Crippen LogP contribution in [0.5, 0.6) is 0 Å². The van der Waals surface area contributed by atoms with Gasteiger partial charge in [-0.1, -0.05) is 40.5 Å². The van der Waals surface area contributed by atoms with Crippen molar-refractivity contribution in [1.82, 2.24) is 0 Å². The standard InChI is InChI=1S/C19H38O3/c1-18(2,14-20)12-6-10-16-8-5-9-17(22-16)11-7-13-19(3,4)15-21/h16-17,20-21H,5-15H2,1-4H3/t16-,17-/m1/s1. The summed E-state index contributed by atoms with van der Waals surface area (Å²) in [5.74, 6) is 0. The van der Waals surface area contributed by atoms with E-state index in [0.717, 1.165) is 38.5 Å². The molecule has 0 radical (unpaired) electrons. The zero-order valence-corrected chi connectivity index (χ0v) is 15.2. The van der Waals surface area contributed by atoms with Gasteiger partial charge in [0.05, 0.1) is 12.2 Å². The van der Waals surface area contributed by atoms with Crippen LogP contribution < -0.4 is 0 Å². The van der Waals surface area contributed by atoms with Crippen molar-refractivity contribution in [2.45, 2.75) is 97.7 Å². The van der Waals surface area contributed by atoms with Crippen LogP contribution >= 0.6 is 0 Å². The van der Waals surface area contributed by atoms with Crippen LogP contribution in [0.2, 0.25) is 0 Å². The van der Waals surface area contributed by atoms with Crippen molar-refractivity contribution in [3.8, 4) is 0 Å². The lowest BCUT2D eigenvalue weighted by Crippen LogP contribution is -2.28. The van der Waals surface area contributed by atoms with Gasteiger partial charge in [-0.25, -0.2) is 0 Å². The van der Waals surface area contributed by atoms with Gasteiger partial charge in [0.25, 0.3) is 0 Å². The van der Waals surface area contributed by atoms with Crippen LogP contribution in [0.25, 0.3) is 0 Å². The van der Waals surface area contributed by atoms with Crippen LogP contribution in [-0.4, -0.2) is 35.6 Å². The second kappa shape index (κ2) is 9.24. The van der Waals surface area contributed by atoms with E-state index in [2.05, 4.69) is 27.7 Å². The molecule has 0 unspecified atom stereocenters. The summed E-state index contributed by atoms with van der Waals surface area (Å²) in [6, 6.07) is 0. The highest BCUT2D eigenvalue weighted by Crippen LogP contribution is 2.30. The summed E-state index contributed by atoms with van der Waals surface area (Å²) in [5, 5.41) is 18.6. The topological polar surface area (TPSA) is 49.7 Å². The minimum absolute atomic E-state index is 0.0456. The third kappa shape index (κ3) is 7.94. The van der Waals surface area contributed by atoms with Crippen LogP contribution in [0.4, 0.5) is 0 Å². The summed E-state index contributed by atoms with van der Waals surface area (Å²) in [7, 11) is 0. The first-order chi connectivity index (χ1) is 10.3. The summed E-state index contributed by atoms with van der Waals surface area (Å²) in [4.78, 5) is 0. The van der Waals surface area contributed by atoms with E-state index in [1.54, 1.807) is 0 Å². The highest BCUT2D eigenvalue weighted by Gasteiger charge is 2.24. The number of ether oxygens (including phenoxy) is 1. The Balaban J connectivity index is 2.21. The molecule has 132 valence electrons. The molecule has 0 aromatic carbocycles. The van der Waals surface area contributed by atoms with Gasteiger partial charge in [0, 0.05) is 13.2 Å². The molecule has 0 amide bonds. The van der Waals surface area contributed by atoms with E-state index in [1.807, 2.05) is 0 Å². The van der Waals surface area contributed by atoms with Crippen molar-refractivity contribution in [1.29, 1.82) is 0 Å². The molecular weight excluding hydrogens is 276 g/mol. The van der Waals surface area contributed by atoms with Gasteiger partial charge in [-0.15, -0.1) is 0 Å². The van der Waals surface area contributed by atoms with Crippen molar-refractivity contribution in [2.24, 2.45) is 10.8 Å². The van der Waals surface area contributed by atoms with E-state index < -0.39 is 0 Å². The van der Waals surface area contributed by atoms with Gasteiger partial charge in [-0.05, 0) is 55.8 Å². The van der Waals surface area contributed by atoms with Crippen LogP contribution in [0.1, 0.15) is 85.5 Å². The molecule has 3 heteroatoms. The minimum Gasteiger partial charge on any atom is -0.396 e. The molecule has 22 heavy (non-hydrogen) atoms. The fourth-order valence-electron chi connectivity index (χ4n) is 3.18. The van der Waals surface area contributed by atoms with Crippen LogP contribution in [0.3, 0.4) is 0 Å². The molecule has 2 atom stereocenters. The third-order valence-corrected chi connectivity index (χ3v) is 5.05. The normalized spacial score (nSPS) is 23.7. The average molecular weight is 315 g/mol. The van der Waals surface area contributed by atoms with Gasteiger partial charge >= 0.3 is 0 Å². The second-order valence-electron chi connectivity index (χ2n) is 8.74. The summed E-state index contributed by atoms with van der Waals surface area (Å²) in [5.41, 5.74) is 0.0912. The Morgan fingerprint density at radius 2 is 1.23 bits per heavy atom. The molecular formula is C19H38O3. The first-order valence-corrected chi connectivity index (χ1v) is 9.15. The van der Waals surface area contributed by atoms with Gasteiger partial charge in [-0.2, -0.15) is 0 Å². The molecule has 1 fully saturated rings. The van der Waals surface area contributed by atoms with Crippen LogP contribution in [-0.2, 0) is 4.74 Å². The Bertz CT molecular complexity index is 271. The highest BCUT2D eigenvalue weighted by atomic mass is 16.5. The fraction of sp³-hybridized carbons (Fsp3) is 1.00. The largest absolute Gasteiger partial charge is 0.396 e. The minimum atomic E-state index is 0.0456. The summed E-state index contributed by atoms with van der Waals surface area (Å²) in [6.45, 7) is 9.03. The molecule has 1 saturated heterocycles. The van der Waals surface area contributed by atoms with Crippen LogP contribution in [0, 0.1) is 10.8 Å². The molecule has 0 saturated carbocycles. The average Bonchev–Trinajstić information content (AvgIpc) is 2.47. The Labute approximate surface area is 137 Å². The lowest BCUT2D eigenvalue weighted by atomic mass is 9.86. The maximum atomic E-state index is 9.31. The van der Waals surface area contributed by atoms with Crippen molar-refractivity contribution in [3.63, 3.8) is 0 Å². The maximum Gasteiger partial charge on any atom is 0.0579 e. The predicted molar refractivity (Wildman–Crippen MR) is 91.9 cm³/mol. The first-order valence-electron chi connectivity index (χ1n) is 9.15. The zero-order valence-electron chi connectivity index (χ0n) is 15.2. The van der Waals surface area contributed by atoms with Crippen molar-refractivity contribution >= 4 is 0 Å². The molecule has 1 heterocycles. The smallest absolute Gasteiger partial charge is 0.0579 e. The van der Waals surface area contributed by atoms with E-state index in [-0.39, 0.29) is 24.0 Å². The lowest BCUT2D eigenvalue weighted by molar-refractivity contribution is -0.0599. The third-order valence-electron chi connectivity index (χ3n) is 5.05. The molecule has 1 aliphatic heterocycles. The van der Waals surface area contributed by atoms with E-state index in [1.165, 1.54) is 19.3 Å². The molecule has 0 bridgehead atoms. The molecule has 1 rings (SSSR count). The summed E-state index contributed by atoms with van der Waals surface area (Å²) in [6.07, 6.45) is 11.2. The Morgan fingerprint density at radius 3 is 1.59 bits per heavy atom. The quantitative estimate of drug-likeness (QED) is 0.632. The van der Waals surface area contributed by atoms with Gasteiger partial charge < -0.3 is 14.9 Å². The number of aliphatic hydroxyl groups is 2.